The van der Waals surface area contributed by atoms with Crippen molar-refractivity contribution in [2.24, 2.45) is 0 Å². The molecular formula is C18H23NO. The number of carbonyl (C=O) groups excluding carboxylic acids is 1. The van der Waals surface area contributed by atoms with Crippen molar-refractivity contribution in [3.05, 3.63) is 53.1 Å². The third-order valence-electron chi connectivity index (χ3n) is 3.73. The first-order valence-electron chi connectivity index (χ1n) is 7.38. The predicted molar refractivity (Wildman–Crippen MR) is 84.5 cm³/mol. The highest BCUT2D eigenvalue weighted by Crippen LogP contribution is 2.12. The molecule has 1 fully saturated rings. The molecule has 0 aliphatic carbocycles. The molecule has 2 heteroatoms. The number of amides is 1. The minimum absolute atomic E-state index is 0.135. The molecule has 1 heterocycles. The second-order valence-electron chi connectivity index (χ2n) is 5.46. The normalized spacial score (nSPS) is 16.2. The molecule has 0 aromatic heterocycles. The Kier molecular flexibility index (Phi) is 5.16. The molecule has 2 rings (SSSR count). The number of aryl methyl sites for hydroxylation is 2. The van der Waals surface area contributed by atoms with E-state index < -0.39 is 0 Å². The lowest BCUT2D eigenvalue weighted by Gasteiger charge is -2.25. The van der Waals surface area contributed by atoms with Crippen molar-refractivity contribution >= 4 is 12.0 Å². The van der Waals surface area contributed by atoms with E-state index in [0.29, 0.717) is 0 Å². The summed E-state index contributed by atoms with van der Waals surface area (Å²) in [5.41, 5.74) is 3.71. The number of hydrogen-bond donors (Lipinski definition) is 0. The smallest absolute Gasteiger partial charge is 0.246 e. The zero-order chi connectivity index (χ0) is 14.4. The number of piperidine rings is 1. The second kappa shape index (κ2) is 7.09. The molecule has 0 spiro atoms. The van der Waals surface area contributed by atoms with Crippen LogP contribution in [0.2, 0.25) is 0 Å². The fourth-order valence-electron chi connectivity index (χ4n) is 2.46. The van der Waals surface area contributed by atoms with E-state index in [2.05, 4.69) is 38.1 Å². The van der Waals surface area contributed by atoms with Gasteiger partial charge in [-0.15, -0.1) is 0 Å². The van der Waals surface area contributed by atoms with Crippen molar-refractivity contribution in [1.29, 1.82) is 0 Å². The van der Waals surface area contributed by atoms with Gasteiger partial charge in [0.2, 0.25) is 5.91 Å². The van der Waals surface area contributed by atoms with Crippen LogP contribution in [0.4, 0.5) is 0 Å². The number of allylic oxidation sites excluding steroid dienone is 2. The van der Waals surface area contributed by atoms with E-state index in [1.165, 1.54) is 23.1 Å². The van der Waals surface area contributed by atoms with E-state index in [1.807, 2.05) is 17.1 Å². The summed E-state index contributed by atoms with van der Waals surface area (Å²) in [7, 11) is 0. The first-order valence-corrected chi connectivity index (χ1v) is 7.38. The van der Waals surface area contributed by atoms with Gasteiger partial charge in [-0.1, -0.05) is 42.0 Å². The minimum atomic E-state index is 0.135. The minimum Gasteiger partial charge on any atom is -0.339 e. The third-order valence-corrected chi connectivity index (χ3v) is 3.73. The van der Waals surface area contributed by atoms with Crippen molar-refractivity contribution in [2.75, 3.05) is 13.1 Å². The Balaban J connectivity index is 1.93. The summed E-state index contributed by atoms with van der Waals surface area (Å²) in [5, 5.41) is 0. The number of likely N-dealkylation sites (tertiary alicyclic amines) is 1. The zero-order valence-corrected chi connectivity index (χ0v) is 12.4. The molecule has 0 N–H and O–H groups in total. The number of hydrogen-bond acceptors (Lipinski definition) is 1. The Morgan fingerprint density at radius 3 is 2.60 bits per heavy atom. The summed E-state index contributed by atoms with van der Waals surface area (Å²) >= 11 is 0. The monoisotopic (exact) mass is 269 g/mol. The van der Waals surface area contributed by atoms with Crippen molar-refractivity contribution in [3.63, 3.8) is 0 Å². The Morgan fingerprint density at radius 2 is 1.85 bits per heavy atom. The maximum absolute atomic E-state index is 11.9. The standard InChI is InChI=1S/C18H23NO/c1-15-10-11-16(2)17(14-15)8-4-5-9-18(20)19-12-6-3-7-13-19/h4-5,8-11,14H,3,6-7,12-13H2,1-2H3/b8-4+,9-5+. The van der Waals surface area contributed by atoms with Crippen LogP contribution in [0, 0.1) is 13.8 Å². The van der Waals surface area contributed by atoms with Gasteiger partial charge in [-0.2, -0.15) is 0 Å². The maximum Gasteiger partial charge on any atom is 0.246 e. The fourth-order valence-corrected chi connectivity index (χ4v) is 2.46. The predicted octanol–water partition coefficient (Wildman–Crippen LogP) is 3.89. The van der Waals surface area contributed by atoms with Gasteiger partial charge in [-0.05, 0) is 44.2 Å². The van der Waals surface area contributed by atoms with Gasteiger partial charge in [0, 0.05) is 19.2 Å². The van der Waals surface area contributed by atoms with E-state index in [0.717, 1.165) is 25.9 Å². The Morgan fingerprint density at radius 1 is 1.10 bits per heavy atom. The Labute approximate surface area is 121 Å². The average molecular weight is 269 g/mol. The molecule has 1 aromatic rings. The van der Waals surface area contributed by atoms with Crippen molar-refractivity contribution in [3.8, 4) is 0 Å². The summed E-state index contributed by atoms with van der Waals surface area (Å²) in [6, 6.07) is 6.39. The molecule has 106 valence electrons. The highest BCUT2D eigenvalue weighted by molar-refractivity contribution is 5.88. The summed E-state index contributed by atoms with van der Waals surface area (Å²) in [4.78, 5) is 13.9. The van der Waals surface area contributed by atoms with Gasteiger partial charge in [0.25, 0.3) is 0 Å². The van der Waals surface area contributed by atoms with E-state index in [9.17, 15) is 4.79 Å². The van der Waals surface area contributed by atoms with Gasteiger partial charge in [0.05, 0.1) is 0 Å². The van der Waals surface area contributed by atoms with E-state index in [1.54, 1.807) is 6.08 Å². The zero-order valence-electron chi connectivity index (χ0n) is 12.4. The molecule has 0 atom stereocenters. The lowest BCUT2D eigenvalue weighted by molar-refractivity contribution is -0.126. The molecule has 20 heavy (non-hydrogen) atoms. The van der Waals surface area contributed by atoms with Crippen LogP contribution in [-0.2, 0) is 4.79 Å². The number of carbonyl (C=O) groups is 1. The average Bonchev–Trinajstić information content (AvgIpc) is 2.47. The van der Waals surface area contributed by atoms with Crippen molar-refractivity contribution in [1.82, 2.24) is 4.90 Å². The van der Waals surface area contributed by atoms with Crippen LogP contribution < -0.4 is 0 Å². The second-order valence-corrected chi connectivity index (χ2v) is 5.46. The summed E-state index contributed by atoms with van der Waals surface area (Å²) in [6.07, 6.45) is 11.0. The molecule has 1 aliphatic heterocycles. The maximum atomic E-state index is 11.9. The molecule has 1 aromatic carbocycles. The van der Waals surface area contributed by atoms with Gasteiger partial charge < -0.3 is 4.90 Å². The molecule has 1 amide bonds. The molecule has 0 bridgehead atoms. The molecule has 1 saturated heterocycles. The van der Waals surface area contributed by atoms with E-state index >= 15 is 0 Å². The van der Waals surface area contributed by atoms with Gasteiger partial charge in [-0.25, -0.2) is 0 Å². The van der Waals surface area contributed by atoms with E-state index in [-0.39, 0.29) is 5.91 Å². The van der Waals surface area contributed by atoms with Gasteiger partial charge >= 0.3 is 0 Å². The first kappa shape index (κ1) is 14.6. The van der Waals surface area contributed by atoms with E-state index in [4.69, 9.17) is 0 Å². The Bertz CT molecular complexity index is 522. The highest BCUT2D eigenvalue weighted by atomic mass is 16.2. The van der Waals surface area contributed by atoms with Gasteiger partial charge in [0.15, 0.2) is 0 Å². The summed E-state index contributed by atoms with van der Waals surface area (Å²) < 4.78 is 0. The number of rotatable bonds is 3. The first-order chi connectivity index (χ1) is 9.66. The van der Waals surface area contributed by atoms with Crippen LogP contribution in [0.5, 0.6) is 0 Å². The van der Waals surface area contributed by atoms with Crippen LogP contribution in [-0.4, -0.2) is 23.9 Å². The van der Waals surface area contributed by atoms with Crippen LogP contribution in [0.1, 0.15) is 36.0 Å². The molecule has 0 radical (unpaired) electrons. The molecular weight excluding hydrogens is 246 g/mol. The number of benzene rings is 1. The molecule has 0 unspecified atom stereocenters. The van der Waals surface area contributed by atoms with Crippen molar-refractivity contribution < 1.29 is 4.79 Å². The summed E-state index contributed by atoms with van der Waals surface area (Å²) in [6.45, 7) is 6.00. The van der Waals surface area contributed by atoms with Gasteiger partial charge in [-0.3, -0.25) is 4.79 Å². The van der Waals surface area contributed by atoms with Crippen molar-refractivity contribution in [2.45, 2.75) is 33.1 Å². The van der Waals surface area contributed by atoms with Crippen LogP contribution in [0.15, 0.2) is 36.4 Å². The van der Waals surface area contributed by atoms with Crippen LogP contribution in [0.3, 0.4) is 0 Å². The van der Waals surface area contributed by atoms with Crippen LogP contribution >= 0.6 is 0 Å². The highest BCUT2D eigenvalue weighted by Gasteiger charge is 2.13. The third kappa shape index (κ3) is 4.09. The molecule has 2 nitrogen and oxygen atoms in total. The lowest BCUT2D eigenvalue weighted by atomic mass is 10.1. The van der Waals surface area contributed by atoms with Crippen LogP contribution in [0.25, 0.3) is 6.08 Å². The quantitative estimate of drug-likeness (QED) is 0.602. The number of nitrogens with zero attached hydrogens (tertiary/aromatic N) is 1. The van der Waals surface area contributed by atoms with Gasteiger partial charge in [0.1, 0.15) is 0 Å². The fraction of sp³-hybridized carbons (Fsp3) is 0.389. The topological polar surface area (TPSA) is 20.3 Å². The summed E-state index contributed by atoms with van der Waals surface area (Å²) in [5.74, 6) is 0.135. The molecule has 1 aliphatic rings. The Hall–Kier alpha value is -1.83. The molecule has 0 saturated carbocycles. The largest absolute Gasteiger partial charge is 0.339 e. The SMILES string of the molecule is Cc1ccc(C)c(/C=C/C=C/C(=O)N2CCCCC2)c1. The lowest BCUT2D eigenvalue weighted by Crippen LogP contribution is -2.34.